The Morgan fingerprint density at radius 2 is 2.00 bits per heavy atom. The number of hydrogen-bond acceptors (Lipinski definition) is 4. The molecule has 1 aromatic carbocycles. The topological polar surface area (TPSA) is 64.9 Å². The molecule has 1 aromatic heterocycles. The Morgan fingerprint density at radius 1 is 1.28 bits per heavy atom. The van der Waals surface area contributed by atoms with E-state index in [1.165, 1.54) is 5.56 Å². The zero-order valence-corrected chi connectivity index (χ0v) is 11.3. The third-order valence-electron chi connectivity index (χ3n) is 2.92. The average molecular weight is 245 g/mol. The number of aromatic nitrogens is 2. The van der Waals surface area contributed by atoms with Crippen LogP contribution in [0.1, 0.15) is 38.3 Å². The summed E-state index contributed by atoms with van der Waals surface area (Å²) < 4.78 is 5.26. The number of nitrogens with two attached hydrogens (primary N) is 1. The molecule has 0 fully saturated rings. The number of hydrogen-bond donors (Lipinski definition) is 1. The summed E-state index contributed by atoms with van der Waals surface area (Å²) in [7, 11) is 0. The fourth-order valence-electron chi connectivity index (χ4n) is 1.63. The maximum Gasteiger partial charge on any atom is 0.244 e. The summed E-state index contributed by atoms with van der Waals surface area (Å²) in [5.41, 5.74) is 8.11. The highest BCUT2D eigenvalue weighted by Crippen LogP contribution is 2.30. The summed E-state index contributed by atoms with van der Waals surface area (Å²) in [6.07, 6.45) is 0. The molecule has 2 N–H and O–H groups in total. The van der Waals surface area contributed by atoms with Gasteiger partial charge in [0, 0.05) is 5.56 Å². The van der Waals surface area contributed by atoms with Gasteiger partial charge in [0.2, 0.25) is 11.7 Å². The van der Waals surface area contributed by atoms with Gasteiger partial charge in [0.05, 0.1) is 6.04 Å². The molecular formula is C14H19N3O. The zero-order valence-electron chi connectivity index (χ0n) is 11.3. The minimum absolute atomic E-state index is 0.101. The maximum absolute atomic E-state index is 6.10. The normalized spacial score (nSPS) is 13.6. The molecule has 0 amide bonds. The van der Waals surface area contributed by atoms with Crippen molar-refractivity contribution in [1.29, 1.82) is 0 Å². The van der Waals surface area contributed by atoms with E-state index < -0.39 is 0 Å². The molecular weight excluding hydrogens is 226 g/mol. The lowest BCUT2D eigenvalue weighted by atomic mass is 9.87. The predicted octanol–water partition coefficient (Wildman–Crippen LogP) is 3.09. The van der Waals surface area contributed by atoms with Crippen LogP contribution in [0.3, 0.4) is 0 Å². The van der Waals surface area contributed by atoms with E-state index in [2.05, 4.69) is 10.1 Å². The van der Waals surface area contributed by atoms with Crippen LogP contribution in [0.25, 0.3) is 11.4 Å². The number of nitrogens with zero attached hydrogens (tertiary/aromatic N) is 2. The van der Waals surface area contributed by atoms with Crippen LogP contribution in [-0.4, -0.2) is 10.1 Å². The van der Waals surface area contributed by atoms with Gasteiger partial charge in [0.1, 0.15) is 0 Å². The van der Waals surface area contributed by atoms with Gasteiger partial charge in [-0.25, -0.2) is 0 Å². The van der Waals surface area contributed by atoms with Gasteiger partial charge in [0.25, 0.3) is 0 Å². The van der Waals surface area contributed by atoms with E-state index in [0.717, 1.165) is 5.56 Å². The Hall–Kier alpha value is -1.68. The lowest BCUT2D eigenvalue weighted by molar-refractivity contribution is 0.253. The van der Waals surface area contributed by atoms with Gasteiger partial charge in [0.15, 0.2) is 0 Å². The molecule has 0 spiro atoms. The van der Waals surface area contributed by atoms with Gasteiger partial charge < -0.3 is 10.3 Å². The summed E-state index contributed by atoms with van der Waals surface area (Å²) in [6.45, 7) is 8.18. The second-order valence-corrected chi connectivity index (χ2v) is 5.67. The van der Waals surface area contributed by atoms with Crippen LogP contribution in [0.4, 0.5) is 0 Å². The van der Waals surface area contributed by atoms with Crippen LogP contribution in [0.5, 0.6) is 0 Å². The molecule has 4 heteroatoms. The monoisotopic (exact) mass is 245 g/mol. The SMILES string of the molecule is Cc1cccc(-c2noc(C(N)C(C)(C)C)n2)c1. The second-order valence-electron chi connectivity index (χ2n) is 5.67. The molecule has 0 aliphatic carbocycles. The van der Waals surface area contributed by atoms with Crippen molar-refractivity contribution >= 4 is 0 Å². The van der Waals surface area contributed by atoms with Gasteiger partial charge in [-0.3, -0.25) is 0 Å². The van der Waals surface area contributed by atoms with Gasteiger partial charge in [-0.05, 0) is 18.4 Å². The van der Waals surface area contributed by atoms with Crippen LogP contribution in [0.15, 0.2) is 28.8 Å². The van der Waals surface area contributed by atoms with Gasteiger partial charge >= 0.3 is 0 Å². The molecule has 0 saturated carbocycles. The predicted molar refractivity (Wildman–Crippen MR) is 70.9 cm³/mol. The molecule has 0 saturated heterocycles. The third-order valence-corrected chi connectivity index (χ3v) is 2.92. The van der Waals surface area contributed by atoms with Crippen molar-refractivity contribution in [3.05, 3.63) is 35.7 Å². The first kappa shape index (κ1) is 12.8. The van der Waals surface area contributed by atoms with Crippen molar-refractivity contribution in [2.24, 2.45) is 11.1 Å². The van der Waals surface area contributed by atoms with Crippen molar-refractivity contribution in [1.82, 2.24) is 10.1 Å². The summed E-state index contributed by atoms with van der Waals surface area (Å²) in [6, 6.07) is 7.74. The van der Waals surface area contributed by atoms with Crippen LogP contribution in [0, 0.1) is 12.3 Å². The van der Waals surface area contributed by atoms with E-state index in [0.29, 0.717) is 11.7 Å². The summed E-state index contributed by atoms with van der Waals surface area (Å²) in [5, 5.41) is 4.00. The molecule has 2 rings (SSSR count). The summed E-state index contributed by atoms with van der Waals surface area (Å²) in [4.78, 5) is 4.39. The van der Waals surface area contributed by atoms with Crippen molar-refractivity contribution in [3.8, 4) is 11.4 Å². The molecule has 1 atom stereocenters. The molecule has 1 heterocycles. The molecule has 96 valence electrons. The largest absolute Gasteiger partial charge is 0.337 e. The van der Waals surface area contributed by atoms with E-state index >= 15 is 0 Å². The molecule has 0 aliphatic heterocycles. The van der Waals surface area contributed by atoms with Gasteiger partial charge in [-0.2, -0.15) is 4.98 Å². The van der Waals surface area contributed by atoms with Crippen LogP contribution >= 0.6 is 0 Å². The standard InChI is InChI=1S/C14H19N3O/c1-9-6-5-7-10(8-9)12-16-13(18-17-12)11(15)14(2,3)4/h5-8,11H,15H2,1-4H3. The van der Waals surface area contributed by atoms with Crippen molar-refractivity contribution < 1.29 is 4.52 Å². The molecule has 0 aliphatic rings. The Balaban J connectivity index is 2.31. The van der Waals surface area contributed by atoms with Crippen LogP contribution in [0.2, 0.25) is 0 Å². The number of aryl methyl sites for hydroxylation is 1. The first-order valence-corrected chi connectivity index (χ1v) is 6.04. The highest BCUT2D eigenvalue weighted by Gasteiger charge is 2.27. The Kier molecular flexibility index (Phi) is 3.22. The molecule has 18 heavy (non-hydrogen) atoms. The number of rotatable bonds is 2. The van der Waals surface area contributed by atoms with Gasteiger partial charge in [-0.1, -0.05) is 49.7 Å². The van der Waals surface area contributed by atoms with Gasteiger partial charge in [-0.15, -0.1) is 0 Å². The molecule has 0 radical (unpaired) electrons. The van der Waals surface area contributed by atoms with Crippen molar-refractivity contribution in [2.45, 2.75) is 33.7 Å². The maximum atomic E-state index is 6.10. The smallest absolute Gasteiger partial charge is 0.244 e. The van der Waals surface area contributed by atoms with Crippen molar-refractivity contribution in [2.75, 3.05) is 0 Å². The zero-order chi connectivity index (χ0) is 13.3. The summed E-state index contributed by atoms with van der Waals surface area (Å²) >= 11 is 0. The van der Waals surface area contributed by atoms with E-state index in [4.69, 9.17) is 10.3 Å². The lowest BCUT2D eigenvalue weighted by Gasteiger charge is -2.23. The lowest BCUT2D eigenvalue weighted by Crippen LogP contribution is -2.26. The van der Waals surface area contributed by atoms with E-state index in [-0.39, 0.29) is 11.5 Å². The van der Waals surface area contributed by atoms with Crippen molar-refractivity contribution in [3.63, 3.8) is 0 Å². The molecule has 4 nitrogen and oxygen atoms in total. The van der Waals surface area contributed by atoms with E-state index in [1.807, 2.05) is 52.0 Å². The highest BCUT2D eigenvalue weighted by molar-refractivity contribution is 5.55. The van der Waals surface area contributed by atoms with Crippen LogP contribution in [-0.2, 0) is 0 Å². The second kappa shape index (κ2) is 4.53. The van der Waals surface area contributed by atoms with Crippen LogP contribution < -0.4 is 5.73 Å². The third kappa shape index (κ3) is 2.59. The molecule has 2 aromatic rings. The molecule has 0 bridgehead atoms. The summed E-state index contributed by atoms with van der Waals surface area (Å²) in [5.74, 6) is 1.08. The Morgan fingerprint density at radius 3 is 2.61 bits per heavy atom. The Bertz CT molecular complexity index is 540. The minimum atomic E-state index is -0.261. The fourth-order valence-corrected chi connectivity index (χ4v) is 1.63. The highest BCUT2D eigenvalue weighted by atomic mass is 16.5. The number of benzene rings is 1. The first-order chi connectivity index (χ1) is 8.38. The first-order valence-electron chi connectivity index (χ1n) is 6.04. The minimum Gasteiger partial charge on any atom is -0.337 e. The Labute approximate surface area is 107 Å². The molecule has 1 unspecified atom stereocenters. The quantitative estimate of drug-likeness (QED) is 0.883. The average Bonchev–Trinajstić information content (AvgIpc) is 2.75. The van der Waals surface area contributed by atoms with E-state index in [9.17, 15) is 0 Å². The fraction of sp³-hybridized carbons (Fsp3) is 0.429. The van der Waals surface area contributed by atoms with E-state index in [1.54, 1.807) is 0 Å².